The number of carbonyl (C=O) groups is 1. The Kier molecular flexibility index (Phi) is 32.7. The fourth-order valence-electron chi connectivity index (χ4n) is 6.31. The van der Waals surface area contributed by atoms with Crippen molar-refractivity contribution >= 4 is 11.7 Å². The molecule has 5 N–H and O–H groups in total. The lowest BCUT2D eigenvalue weighted by molar-refractivity contribution is -0.190. The summed E-state index contributed by atoms with van der Waals surface area (Å²) < 4.78 is 21.7. The molecule has 10 nitrogen and oxygen atoms in total. The van der Waals surface area contributed by atoms with Gasteiger partial charge in [0.25, 0.3) is 0 Å². The molecule has 12 atom stereocenters. The largest absolute Gasteiger partial charge is 0.459 e. The normalized spacial score (nSPS) is 36.5. The number of esters is 1. The molecule has 1 unspecified atom stereocenters. The van der Waals surface area contributed by atoms with Crippen molar-refractivity contribution in [1.29, 1.82) is 5.41 Å². The van der Waals surface area contributed by atoms with Gasteiger partial charge in [-0.1, -0.05) is 82.1 Å². The highest BCUT2D eigenvalue weighted by atomic mass is 16.6. The number of methoxy groups -OCH3 is 2. The summed E-state index contributed by atoms with van der Waals surface area (Å²) in [7, 11) is 3.15. The van der Waals surface area contributed by atoms with Crippen molar-refractivity contribution in [2.24, 2.45) is 23.7 Å². The van der Waals surface area contributed by atoms with Crippen molar-refractivity contribution in [1.82, 2.24) is 0 Å². The summed E-state index contributed by atoms with van der Waals surface area (Å²) in [6, 6.07) is 0. The number of cyclic esters (lactones) is 1. The van der Waals surface area contributed by atoms with E-state index in [-0.39, 0.29) is 23.7 Å². The van der Waals surface area contributed by atoms with E-state index in [0.29, 0.717) is 25.9 Å². The first-order valence-electron chi connectivity index (χ1n) is 19.7. The Labute approximate surface area is 320 Å². The van der Waals surface area contributed by atoms with E-state index in [9.17, 15) is 25.2 Å². The first-order chi connectivity index (χ1) is 24.0. The van der Waals surface area contributed by atoms with Gasteiger partial charge in [0.15, 0.2) is 0 Å². The molecule has 0 aromatic rings. The van der Waals surface area contributed by atoms with Gasteiger partial charge in [0.1, 0.15) is 17.8 Å². The Morgan fingerprint density at radius 3 is 1.67 bits per heavy atom. The monoisotopic (exact) mass is 748 g/mol. The van der Waals surface area contributed by atoms with Gasteiger partial charge in [0, 0.05) is 38.9 Å². The van der Waals surface area contributed by atoms with Crippen molar-refractivity contribution in [3.8, 4) is 11.8 Å². The van der Waals surface area contributed by atoms with E-state index in [1.807, 2.05) is 55.4 Å². The van der Waals surface area contributed by atoms with Crippen LogP contribution in [0.25, 0.3) is 0 Å². The van der Waals surface area contributed by atoms with Crippen LogP contribution in [0.15, 0.2) is 0 Å². The fraction of sp³-hybridized carbons (Fsp3) is 0.905. The first kappa shape index (κ1) is 57.1. The molecule has 0 aromatic carbocycles. The molecule has 2 aliphatic rings. The van der Waals surface area contributed by atoms with E-state index in [2.05, 4.69) is 39.5 Å². The van der Waals surface area contributed by atoms with E-state index < -0.39 is 59.0 Å². The van der Waals surface area contributed by atoms with Crippen LogP contribution < -0.4 is 0 Å². The van der Waals surface area contributed by atoms with Gasteiger partial charge in [0.2, 0.25) is 0 Å². The number of hydrogen-bond acceptors (Lipinski definition) is 10. The standard InChI is InChI=1S/C22H41NO6.C8H16O3.C4H6.2C3H8.C2H6/c1-9-16-22(7,27)19(24)14(4)17(23)12(2)10-21(6,26)11-13(3)18(28-8)15(5)20(25)29-16;1-6-7(9)8(2,10-3)4-5-11-6;1-3-4-2;2*1-3-2;1-2/h12-16,18-19,23-24,26-27H,9-11H2,1-8H3;6-7,9H,4-5H2,1-3H3;1-2H3;2*3H2,1-2H3;1-2H3/t12-,13-,14?,15-,16-,18+,19-,21-,22-;6-,7-,8+;;;;/m10..../s1. The summed E-state index contributed by atoms with van der Waals surface area (Å²) in [5.41, 5.74) is -2.97. The topological polar surface area (TPSA) is 159 Å². The minimum Gasteiger partial charge on any atom is -0.459 e. The van der Waals surface area contributed by atoms with Crippen molar-refractivity contribution in [3.05, 3.63) is 0 Å². The second-order valence-electron chi connectivity index (χ2n) is 14.7. The highest BCUT2D eigenvalue weighted by Crippen LogP contribution is 2.34. The summed E-state index contributed by atoms with van der Waals surface area (Å²) in [4.78, 5) is 12.8. The summed E-state index contributed by atoms with van der Waals surface area (Å²) >= 11 is 0. The zero-order chi connectivity index (χ0) is 42.0. The minimum absolute atomic E-state index is 0.117. The van der Waals surface area contributed by atoms with Crippen LogP contribution in [0.1, 0.15) is 156 Å². The van der Waals surface area contributed by atoms with Crippen LogP contribution in [0.3, 0.4) is 0 Å². The van der Waals surface area contributed by atoms with Gasteiger partial charge in [-0.15, -0.1) is 11.8 Å². The second kappa shape index (κ2) is 29.7. The second-order valence-corrected chi connectivity index (χ2v) is 14.7. The molecule has 0 amide bonds. The Bertz CT molecular complexity index is 968. The molecule has 2 fully saturated rings. The third-order valence-electron chi connectivity index (χ3n) is 9.35. The highest BCUT2D eigenvalue weighted by molar-refractivity contribution is 5.86. The maximum absolute atomic E-state index is 12.8. The van der Waals surface area contributed by atoms with Gasteiger partial charge in [-0.25, -0.2) is 0 Å². The molecule has 0 aromatic heterocycles. The predicted molar refractivity (Wildman–Crippen MR) is 216 cm³/mol. The van der Waals surface area contributed by atoms with Gasteiger partial charge in [-0.3, -0.25) is 4.79 Å². The van der Waals surface area contributed by atoms with Crippen molar-refractivity contribution < 1.29 is 44.2 Å². The summed E-state index contributed by atoms with van der Waals surface area (Å²) in [6.07, 6.45) is 0.990. The quantitative estimate of drug-likeness (QED) is 0.143. The van der Waals surface area contributed by atoms with E-state index in [1.54, 1.807) is 34.8 Å². The van der Waals surface area contributed by atoms with Crippen LogP contribution in [0.2, 0.25) is 0 Å². The number of rotatable bonds is 3. The highest BCUT2D eigenvalue weighted by Gasteiger charge is 2.46. The van der Waals surface area contributed by atoms with Crippen LogP contribution in [-0.4, -0.2) is 100 Å². The molecule has 0 bridgehead atoms. The lowest BCUT2D eigenvalue weighted by Crippen LogP contribution is -2.56. The van der Waals surface area contributed by atoms with E-state index in [1.165, 1.54) is 26.9 Å². The molecule has 0 aliphatic carbocycles. The Balaban J connectivity index is -0.000000406. The molecule has 2 aliphatic heterocycles. The molecule has 2 rings (SSSR count). The summed E-state index contributed by atoms with van der Waals surface area (Å²) in [5, 5.41) is 51.1. The smallest absolute Gasteiger partial charge is 0.311 e. The number of aliphatic hydroxyl groups excluding tert-OH is 2. The Morgan fingerprint density at radius 1 is 0.846 bits per heavy atom. The van der Waals surface area contributed by atoms with E-state index in [4.69, 9.17) is 24.4 Å². The van der Waals surface area contributed by atoms with Crippen LogP contribution in [0, 0.1) is 40.9 Å². The third kappa shape index (κ3) is 20.2. The van der Waals surface area contributed by atoms with Crippen molar-refractivity contribution in [3.63, 3.8) is 0 Å². The van der Waals surface area contributed by atoms with Crippen LogP contribution in [-0.2, 0) is 23.7 Å². The molecule has 0 saturated carbocycles. The fourth-order valence-corrected chi connectivity index (χ4v) is 6.31. The molecule has 312 valence electrons. The number of aliphatic hydroxyl groups is 4. The predicted octanol–water partition coefficient (Wildman–Crippen LogP) is 7.99. The lowest BCUT2D eigenvalue weighted by Gasteiger charge is -2.41. The maximum Gasteiger partial charge on any atom is 0.311 e. The lowest BCUT2D eigenvalue weighted by atomic mass is 9.75. The third-order valence-corrected chi connectivity index (χ3v) is 9.35. The van der Waals surface area contributed by atoms with Crippen LogP contribution in [0.4, 0.5) is 0 Å². The molecular formula is C42H85NO9. The van der Waals surface area contributed by atoms with E-state index >= 15 is 0 Å². The van der Waals surface area contributed by atoms with Gasteiger partial charge < -0.3 is 44.8 Å². The average Bonchev–Trinajstić information content (AvgIpc) is 3.09. The Morgan fingerprint density at radius 2 is 1.31 bits per heavy atom. The average molecular weight is 748 g/mol. The van der Waals surface area contributed by atoms with Crippen LogP contribution in [0.5, 0.6) is 0 Å². The summed E-state index contributed by atoms with van der Waals surface area (Å²) in [6.45, 7) is 32.7. The van der Waals surface area contributed by atoms with Crippen LogP contribution >= 0.6 is 0 Å². The van der Waals surface area contributed by atoms with E-state index in [0.717, 1.165) is 6.42 Å². The molecular weight excluding hydrogens is 662 g/mol. The Hall–Kier alpha value is -1.58. The molecule has 0 radical (unpaired) electrons. The number of nitrogens with one attached hydrogen (secondary N) is 1. The number of ether oxygens (including phenoxy) is 4. The summed E-state index contributed by atoms with van der Waals surface area (Å²) in [5.74, 6) is 3.15. The zero-order valence-electron chi connectivity index (χ0n) is 37.0. The van der Waals surface area contributed by atoms with Gasteiger partial charge in [-0.05, 0) is 79.6 Å². The molecule has 2 heterocycles. The molecule has 10 heteroatoms. The zero-order valence-corrected chi connectivity index (χ0v) is 37.0. The van der Waals surface area contributed by atoms with Gasteiger partial charge in [0.05, 0.1) is 35.4 Å². The molecule has 2 saturated heterocycles. The van der Waals surface area contributed by atoms with Crippen molar-refractivity contribution in [2.45, 2.75) is 204 Å². The minimum atomic E-state index is -1.73. The number of carbonyl (C=O) groups excluding carboxylic acids is 1. The van der Waals surface area contributed by atoms with Gasteiger partial charge >= 0.3 is 5.97 Å². The molecule has 52 heavy (non-hydrogen) atoms. The van der Waals surface area contributed by atoms with Crippen molar-refractivity contribution in [2.75, 3.05) is 20.8 Å². The van der Waals surface area contributed by atoms with Gasteiger partial charge in [-0.2, -0.15) is 0 Å². The SMILES string of the molecule is CC.CC#CC.CCC.CCC.CC[C@H]1OC(=O)[C@H](C)[C@@H](OC)[C@H](C)C[C@](C)(O)C[C@@H](C)C(=N)C(C)[C@@H](O)[C@]1(C)O.CO[C@]1(C)CCO[C@@H](C)[C@@H]1O. The maximum atomic E-state index is 12.8. The number of hydrogen-bond donors (Lipinski definition) is 5. The first-order valence-corrected chi connectivity index (χ1v) is 19.7. The molecule has 0 spiro atoms.